The third-order valence-corrected chi connectivity index (χ3v) is 3.03. The Morgan fingerprint density at radius 2 is 2.32 bits per heavy atom. The monoisotopic (exact) mass is 268 g/mol. The van der Waals surface area contributed by atoms with E-state index in [1.165, 1.54) is 4.90 Å². The van der Waals surface area contributed by atoms with Crippen LogP contribution in [0.2, 0.25) is 0 Å². The quantitative estimate of drug-likeness (QED) is 0.719. The van der Waals surface area contributed by atoms with Crippen molar-refractivity contribution in [2.24, 2.45) is 5.92 Å². The van der Waals surface area contributed by atoms with E-state index in [2.05, 4.69) is 15.2 Å². The van der Waals surface area contributed by atoms with Gasteiger partial charge in [-0.15, -0.1) is 5.10 Å². The average Bonchev–Trinajstić information content (AvgIpc) is 2.85. The summed E-state index contributed by atoms with van der Waals surface area (Å²) in [5.74, 6) is -0.999. The van der Waals surface area contributed by atoms with Gasteiger partial charge in [0.1, 0.15) is 0 Å². The van der Waals surface area contributed by atoms with Crippen molar-refractivity contribution in [3.05, 3.63) is 16.3 Å². The van der Waals surface area contributed by atoms with Crippen molar-refractivity contribution in [1.29, 1.82) is 0 Å². The summed E-state index contributed by atoms with van der Waals surface area (Å²) in [6.45, 7) is 2.92. The molecule has 0 spiro atoms. The molecule has 19 heavy (non-hydrogen) atoms. The van der Waals surface area contributed by atoms with E-state index in [0.29, 0.717) is 26.1 Å². The molecule has 0 aliphatic carbocycles. The number of esters is 1. The van der Waals surface area contributed by atoms with E-state index < -0.39 is 5.69 Å². The summed E-state index contributed by atoms with van der Waals surface area (Å²) in [7, 11) is 0. The molecule has 1 unspecified atom stereocenters. The van der Waals surface area contributed by atoms with Crippen LogP contribution < -0.4 is 5.69 Å². The van der Waals surface area contributed by atoms with E-state index in [1.807, 2.05) is 0 Å². The maximum Gasteiger partial charge on any atom is 0.341 e. The molecular formula is C11H16N4O4. The predicted molar refractivity (Wildman–Crippen MR) is 64.5 cm³/mol. The van der Waals surface area contributed by atoms with Crippen molar-refractivity contribution in [2.75, 3.05) is 19.7 Å². The third kappa shape index (κ3) is 3.01. The molecule has 2 heterocycles. The molecule has 1 atom stereocenters. The molecule has 1 amide bonds. The Morgan fingerprint density at radius 3 is 2.95 bits per heavy atom. The lowest BCUT2D eigenvalue weighted by Gasteiger charge is -2.30. The van der Waals surface area contributed by atoms with Gasteiger partial charge in [-0.3, -0.25) is 14.6 Å². The van der Waals surface area contributed by atoms with Gasteiger partial charge in [0.25, 0.3) is 5.91 Å². The zero-order chi connectivity index (χ0) is 13.8. The second-order valence-corrected chi connectivity index (χ2v) is 4.37. The third-order valence-electron chi connectivity index (χ3n) is 3.03. The first kappa shape index (κ1) is 13.3. The molecule has 1 fully saturated rings. The number of ether oxygens (including phenoxy) is 1. The summed E-state index contributed by atoms with van der Waals surface area (Å²) in [5.41, 5.74) is -0.526. The van der Waals surface area contributed by atoms with Gasteiger partial charge in [-0.25, -0.2) is 9.89 Å². The van der Waals surface area contributed by atoms with Crippen LogP contribution in [0.15, 0.2) is 4.79 Å². The highest BCUT2D eigenvalue weighted by Crippen LogP contribution is 2.18. The average molecular weight is 268 g/mol. The van der Waals surface area contributed by atoms with Crippen molar-refractivity contribution < 1.29 is 14.3 Å². The fraction of sp³-hybridized carbons (Fsp3) is 0.636. The Morgan fingerprint density at radius 1 is 1.53 bits per heavy atom. The Balaban J connectivity index is 2.03. The van der Waals surface area contributed by atoms with Gasteiger partial charge in [-0.1, -0.05) is 0 Å². The second-order valence-electron chi connectivity index (χ2n) is 4.37. The molecule has 104 valence electrons. The molecular weight excluding hydrogens is 252 g/mol. The fourth-order valence-electron chi connectivity index (χ4n) is 2.14. The van der Waals surface area contributed by atoms with Gasteiger partial charge < -0.3 is 9.64 Å². The largest absolute Gasteiger partial charge is 0.466 e. The maximum absolute atomic E-state index is 12.1. The number of hydrogen-bond acceptors (Lipinski definition) is 5. The summed E-state index contributed by atoms with van der Waals surface area (Å²) < 4.78 is 4.96. The van der Waals surface area contributed by atoms with E-state index in [-0.39, 0.29) is 23.6 Å². The number of carbonyl (C=O) groups is 2. The van der Waals surface area contributed by atoms with Crippen LogP contribution >= 0.6 is 0 Å². The molecule has 2 N–H and O–H groups in total. The van der Waals surface area contributed by atoms with Crippen molar-refractivity contribution in [2.45, 2.75) is 19.8 Å². The number of nitrogens with zero attached hydrogens (tertiary/aromatic N) is 2. The number of nitrogens with one attached hydrogen (secondary N) is 2. The fourth-order valence-corrected chi connectivity index (χ4v) is 2.14. The highest BCUT2D eigenvalue weighted by molar-refractivity contribution is 5.90. The van der Waals surface area contributed by atoms with Gasteiger partial charge in [0.2, 0.25) is 5.82 Å². The number of aromatic amines is 2. The van der Waals surface area contributed by atoms with E-state index in [4.69, 9.17) is 4.74 Å². The van der Waals surface area contributed by atoms with Gasteiger partial charge in [0, 0.05) is 13.1 Å². The topological polar surface area (TPSA) is 108 Å². The van der Waals surface area contributed by atoms with Crippen LogP contribution in [-0.2, 0) is 9.53 Å². The lowest BCUT2D eigenvalue weighted by atomic mass is 9.98. The number of H-pyrrole nitrogens is 2. The van der Waals surface area contributed by atoms with Crippen LogP contribution in [-0.4, -0.2) is 51.7 Å². The molecule has 1 saturated heterocycles. The second kappa shape index (κ2) is 5.68. The molecule has 0 aromatic carbocycles. The summed E-state index contributed by atoms with van der Waals surface area (Å²) in [6, 6.07) is 0. The van der Waals surface area contributed by atoms with Crippen molar-refractivity contribution in [3.8, 4) is 0 Å². The lowest BCUT2D eigenvalue weighted by molar-refractivity contribution is -0.149. The van der Waals surface area contributed by atoms with Crippen LogP contribution in [0.1, 0.15) is 30.4 Å². The zero-order valence-electron chi connectivity index (χ0n) is 10.6. The number of likely N-dealkylation sites (tertiary alicyclic amines) is 1. The van der Waals surface area contributed by atoms with Gasteiger partial charge in [-0.05, 0) is 19.8 Å². The number of piperidine rings is 1. The minimum Gasteiger partial charge on any atom is -0.466 e. The minimum atomic E-state index is -0.526. The first-order valence-corrected chi connectivity index (χ1v) is 6.22. The maximum atomic E-state index is 12.1. The molecule has 1 aliphatic rings. The van der Waals surface area contributed by atoms with E-state index >= 15 is 0 Å². The first-order valence-electron chi connectivity index (χ1n) is 6.22. The summed E-state index contributed by atoms with van der Waals surface area (Å²) in [4.78, 5) is 38.5. The van der Waals surface area contributed by atoms with Crippen LogP contribution in [0.5, 0.6) is 0 Å². The number of hydrogen-bond donors (Lipinski definition) is 2. The smallest absolute Gasteiger partial charge is 0.341 e. The van der Waals surface area contributed by atoms with Crippen LogP contribution in [0.3, 0.4) is 0 Å². The molecule has 0 bridgehead atoms. The molecule has 1 aliphatic heterocycles. The molecule has 2 rings (SSSR count). The van der Waals surface area contributed by atoms with Crippen molar-refractivity contribution in [1.82, 2.24) is 20.1 Å². The Hall–Kier alpha value is -2.12. The summed E-state index contributed by atoms with van der Waals surface area (Å²) >= 11 is 0. The summed E-state index contributed by atoms with van der Waals surface area (Å²) in [5, 5.41) is 5.74. The van der Waals surface area contributed by atoms with Crippen LogP contribution in [0, 0.1) is 5.92 Å². The van der Waals surface area contributed by atoms with Crippen molar-refractivity contribution in [3.63, 3.8) is 0 Å². The zero-order valence-corrected chi connectivity index (χ0v) is 10.6. The van der Waals surface area contributed by atoms with E-state index in [1.54, 1.807) is 6.92 Å². The molecule has 0 saturated carbocycles. The highest BCUT2D eigenvalue weighted by atomic mass is 16.5. The van der Waals surface area contributed by atoms with Gasteiger partial charge in [0.15, 0.2) is 0 Å². The molecule has 8 nitrogen and oxygen atoms in total. The number of rotatable bonds is 3. The van der Waals surface area contributed by atoms with E-state index in [9.17, 15) is 14.4 Å². The SMILES string of the molecule is CCOC(=O)C1CCCN(C(=O)c2n[nH]c(=O)[nH]2)C1. The number of aromatic nitrogens is 3. The van der Waals surface area contributed by atoms with E-state index in [0.717, 1.165) is 6.42 Å². The molecule has 1 aromatic rings. The van der Waals surface area contributed by atoms with Gasteiger partial charge in [-0.2, -0.15) is 0 Å². The summed E-state index contributed by atoms with van der Waals surface area (Å²) in [6.07, 6.45) is 1.43. The first-order chi connectivity index (χ1) is 9.11. The normalized spacial score (nSPS) is 19.2. The van der Waals surface area contributed by atoms with Gasteiger partial charge >= 0.3 is 11.7 Å². The standard InChI is InChI=1S/C11H16N4O4/c1-2-19-10(17)7-4-3-5-15(6-7)9(16)8-12-11(18)14-13-8/h7H,2-6H2,1H3,(H2,12,13,14,18). The van der Waals surface area contributed by atoms with Crippen molar-refractivity contribution >= 4 is 11.9 Å². The minimum absolute atomic E-state index is 0.0329. The number of carbonyl (C=O) groups excluding carboxylic acids is 2. The predicted octanol–water partition coefficient (Wildman–Crippen LogP) is -0.487. The molecule has 8 heteroatoms. The Bertz CT molecular complexity index is 521. The highest BCUT2D eigenvalue weighted by Gasteiger charge is 2.30. The lowest BCUT2D eigenvalue weighted by Crippen LogP contribution is -2.43. The number of amides is 1. The molecule has 0 radical (unpaired) electrons. The molecule has 1 aromatic heterocycles. The Kier molecular flexibility index (Phi) is 3.98. The van der Waals surface area contributed by atoms with Crippen LogP contribution in [0.25, 0.3) is 0 Å². The van der Waals surface area contributed by atoms with Gasteiger partial charge in [0.05, 0.1) is 12.5 Å². The Labute approximate surface area is 109 Å². The van der Waals surface area contributed by atoms with Crippen LogP contribution in [0.4, 0.5) is 0 Å².